The van der Waals surface area contributed by atoms with E-state index in [2.05, 4.69) is 9.97 Å². The number of benzene rings is 2. The van der Waals surface area contributed by atoms with Gasteiger partial charge in [0.15, 0.2) is 0 Å². The summed E-state index contributed by atoms with van der Waals surface area (Å²) in [4.78, 5) is 31.3. The van der Waals surface area contributed by atoms with Crippen LogP contribution in [0.1, 0.15) is 21.5 Å². The molecule has 0 aliphatic carbocycles. The van der Waals surface area contributed by atoms with Gasteiger partial charge in [-0.1, -0.05) is 18.2 Å². The molecule has 32 heavy (non-hydrogen) atoms. The molecule has 0 amide bonds. The highest BCUT2D eigenvalue weighted by Gasteiger charge is 2.19. The molecule has 0 atom stereocenters. The first-order valence-corrected chi connectivity index (χ1v) is 9.65. The normalized spacial score (nSPS) is 10.5. The summed E-state index contributed by atoms with van der Waals surface area (Å²) < 4.78 is 12.5. The Labute approximate surface area is 183 Å². The Morgan fingerprint density at radius 3 is 2.53 bits per heavy atom. The number of nitro groups is 1. The van der Waals surface area contributed by atoms with Gasteiger partial charge in [0.2, 0.25) is 0 Å². The molecular weight excluding hydrogens is 412 g/mol. The van der Waals surface area contributed by atoms with Crippen LogP contribution in [-0.2, 0) is 18.0 Å². The van der Waals surface area contributed by atoms with Gasteiger partial charge in [-0.05, 0) is 35.9 Å². The van der Waals surface area contributed by atoms with Crippen LogP contribution in [0.4, 0.5) is 5.69 Å². The average molecular weight is 430 g/mol. The van der Waals surface area contributed by atoms with Gasteiger partial charge in [-0.2, -0.15) is 0 Å². The molecule has 0 fully saturated rings. The fraction of sp³-hybridized carbons (Fsp3) is 0.0870. The van der Waals surface area contributed by atoms with Crippen molar-refractivity contribution in [2.45, 2.75) is 13.2 Å². The molecule has 4 aromatic rings. The molecule has 0 aliphatic heterocycles. The molecule has 0 N–H and O–H groups in total. The number of carbonyl (C=O) groups excluding carboxylic acids is 1. The highest BCUT2D eigenvalue weighted by molar-refractivity contribution is 5.90. The molecular formula is C23H18N4O5. The number of hydrogen-bond acceptors (Lipinski definition) is 7. The lowest BCUT2D eigenvalue weighted by Crippen LogP contribution is -2.07. The standard InChI is InChI=1S/C23H18N4O5/c28-23(19-5-8-21(22(12-19)27(29)30)26-11-10-25-16-26)32-14-17-3-6-20(7-4-17)31-15-18-2-1-9-24-13-18/h1-13,16H,14-15H2. The Morgan fingerprint density at radius 2 is 1.84 bits per heavy atom. The minimum Gasteiger partial charge on any atom is -0.489 e. The molecule has 0 spiro atoms. The maximum absolute atomic E-state index is 12.4. The number of esters is 1. The van der Waals surface area contributed by atoms with Gasteiger partial charge in [0, 0.05) is 36.4 Å². The smallest absolute Gasteiger partial charge is 0.338 e. The van der Waals surface area contributed by atoms with Crippen molar-refractivity contribution in [1.29, 1.82) is 0 Å². The van der Waals surface area contributed by atoms with Gasteiger partial charge in [0.1, 0.15) is 24.7 Å². The number of nitro benzene ring substituents is 1. The second kappa shape index (κ2) is 9.52. The number of aromatic nitrogens is 3. The van der Waals surface area contributed by atoms with E-state index in [0.717, 1.165) is 11.1 Å². The van der Waals surface area contributed by atoms with Crippen LogP contribution in [0.25, 0.3) is 5.69 Å². The predicted molar refractivity (Wildman–Crippen MR) is 114 cm³/mol. The number of rotatable bonds is 8. The van der Waals surface area contributed by atoms with Crippen molar-refractivity contribution in [3.8, 4) is 11.4 Å². The van der Waals surface area contributed by atoms with Crippen LogP contribution in [0.2, 0.25) is 0 Å². The monoisotopic (exact) mass is 430 g/mol. The van der Waals surface area contributed by atoms with Crippen LogP contribution in [0.3, 0.4) is 0 Å². The van der Waals surface area contributed by atoms with Crippen molar-refractivity contribution >= 4 is 11.7 Å². The molecule has 160 valence electrons. The van der Waals surface area contributed by atoms with E-state index in [1.165, 1.54) is 35.3 Å². The van der Waals surface area contributed by atoms with Gasteiger partial charge in [-0.15, -0.1) is 0 Å². The number of hydrogen-bond donors (Lipinski definition) is 0. The van der Waals surface area contributed by atoms with Gasteiger partial charge in [0.25, 0.3) is 5.69 Å². The largest absolute Gasteiger partial charge is 0.489 e. The second-order valence-corrected chi connectivity index (χ2v) is 6.80. The fourth-order valence-corrected chi connectivity index (χ4v) is 2.98. The Balaban J connectivity index is 1.37. The molecule has 0 radical (unpaired) electrons. The highest BCUT2D eigenvalue weighted by atomic mass is 16.6. The maximum Gasteiger partial charge on any atom is 0.338 e. The quantitative estimate of drug-likeness (QED) is 0.235. The van der Waals surface area contributed by atoms with Gasteiger partial charge in [-0.25, -0.2) is 9.78 Å². The lowest BCUT2D eigenvalue weighted by Gasteiger charge is -2.09. The van der Waals surface area contributed by atoms with Crippen molar-refractivity contribution in [3.05, 3.63) is 113 Å². The Kier molecular flexibility index (Phi) is 6.17. The van der Waals surface area contributed by atoms with Crippen LogP contribution in [0, 0.1) is 10.1 Å². The Bertz CT molecular complexity index is 1210. The summed E-state index contributed by atoms with van der Waals surface area (Å²) in [5, 5.41) is 11.5. The van der Waals surface area contributed by atoms with Crippen LogP contribution in [0.5, 0.6) is 5.75 Å². The number of imidazole rings is 1. The van der Waals surface area contributed by atoms with Gasteiger partial charge < -0.3 is 14.0 Å². The van der Waals surface area contributed by atoms with Crippen LogP contribution in [-0.4, -0.2) is 25.4 Å². The average Bonchev–Trinajstić information content (AvgIpc) is 3.37. The van der Waals surface area contributed by atoms with E-state index in [-0.39, 0.29) is 17.9 Å². The summed E-state index contributed by atoms with van der Waals surface area (Å²) in [6.45, 7) is 0.425. The maximum atomic E-state index is 12.4. The Hall–Kier alpha value is -4.53. The molecule has 2 aromatic carbocycles. The zero-order valence-electron chi connectivity index (χ0n) is 16.8. The van der Waals surface area contributed by atoms with Crippen LogP contribution in [0.15, 0.2) is 85.7 Å². The molecule has 9 heteroatoms. The zero-order valence-corrected chi connectivity index (χ0v) is 16.8. The third-order valence-corrected chi connectivity index (χ3v) is 4.61. The fourth-order valence-electron chi connectivity index (χ4n) is 2.98. The molecule has 0 bridgehead atoms. The molecule has 9 nitrogen and oxygen atoms in total. The zero-order chi connectivity index (χ0) is 22.3. The van der Waals surface area contributed by atoms with Gasteiger partial charge in [-0.3, -0.25) is 15.1 Å². The lowest BCUT2D eigenvalue weighted by molar-refractivity contribution is -0.384. The van der Waals surface area contributed by atoms with Crippen molar-refractivity contribution < 1.29 is 19.2 Å². The first kappa shape index (κ1) is 20.7. The molecule has 0 saturated heterocycles. The summed E-state index contributed by atoms with van der Waals surface area (Å²) >= 11 is 0. The van der Waals surface area contributed by atoms with E-state index in [0.29, 0.717) is 18.0 Å². The Morgan fingerprint density at radius 1 is 1.00 bits per heavy atom. The second-order valence-electron chi connectivity index (χ2n) is 6.80. The van der Waals surface area contributed by atoms with E-state index >= 15 is 0 Å². The van der Waals surface area contributed by atoms with Gasteiger partial charge in [0.05, 0.1) is 16.8 Å². The van der Waals surface area contributed by atoms with Gasteiger partial charge >= 0.3 is 5.97 Å². The minimum atomic E-state index is -0.651. The van der Waals surface area contributed by atoms with Crippen molar-refractivity contribution in [2.24, 2.45) is 0 Å². The number of pyridine rings is 1. The van der Waals surface area contributed by atoms with Crippen LogP contribution >= 0.6 is 0 Å². The van der Waals surface area contributed by atoms with E-state index in [9.17, 15) is 14.9 Å². The van der Waals surface area contributed by atoms with Crippen LogP contribution < -0.4 is 4.74 Å². The number of ether oxygens (including phenoxy) is 2. The lowest BCUT2D eigenvalue weighted by atomic mass is 10.1. The molecule has 0 unspecified atom stereocenters. The van der Waals surface area contributed by atoms with Crippen molar-refractivity contribution in [1.82, 2.24) is 14.5 Å². The summed E-state index contributed by atoms with van der Waals surface area (Å²) in [7, 11) is 0. The first-order valence-electron chi connectivity index (χ1n) is 9.65. The van der Waals surface area contributed by atoms with Crippen molar-refractivity contribution in [2.75, 3.05) is 0 Å². The molecule has 2 aromatic heterocycles. The SMILES string of the molecule is O=C(OCc1ccc(OCc2cccnc2)cc1)c1ccc(-n2ccnc2)c([N+](=O)[O-])c1. The summed E-state index contributed by atoms with van der Waals surface area (Å²) in [6.07, 6.45) is 7.99. The molecule has 0 aliphatic rings. The van der Waals surface area contributed by atoms with E-state index in [4.69, 9.17) is 9.47 Å². The van der Waals surface area contributed by atoms with E-state index in [1.54, 1.807) is 42.9 Å². The molecule has 4 rings (SSSR count). The summed E-state index contributed by atoms with van der Waals surface area (Å²) in [5.74, 6) is 0.0248. The molecule has 2 heterocycles. The van der Waals surface area contributed by atoms with E-state index < -0.39 is 10.9 Å². The number of carbonyl (C=O) groups is 1. The highest BCUT2D eigenvalue weighted by Crippen LogP contribution is 2.25. The summed E-state index contributed by atoms with van der Waals surface area (Å²) in [6, 6.07) is 15.1. The minimum absolute atomic E-state index is 0.0266. The summed E-state index contributed by atoms with van der Waals surface area (Å²) in [5.41, 5.74) is 1.91. The van der Waals surface area contributed by atoms with E-state index in [1.807, 2.05) is 12.1 Å². The predicted octanol–water partition coefficient (Wildman–Crippen LogP) is 4.11. The van der Waals surface area contributed by atoms with Crippen molar-refractivity contribution in [3.63, 3.8) is 0 Å². The third kappa shape index (κ3) is 4.96. The topological polar surface area (TPSA) is 109 Å². The first-order chi connectivity index (χ1) is 15.6. The molecule has 0 saturated carbocycles. The number of nitrogens with zero attached hydrogens (tertiary/aromatic N) is 4. The third-order valence-electron chi connectivity index (χ3n) is 4.61.